The molecule has 2 N–H and O–H groups in total. The highest BCUT2D eigenvalue weighted by Crippen LogP contribution is 2.16. The average Bonchev–Trinajstić information content (AvgIpc) is 2.50. The van der Waals surface area contributed by atoms with Gasteiger partial charge in [-0.3, -0.25) is 14.9 Å². The Morgan fingerprint density at radius 1 is 1.19 bits per heavy atom. The van der Waals surface area contributed by atoms with Crippen molar-refractivity contribution < 1.29 is 19.1 Å². The zero-order valence-corrected chi connectivity index (χ0v) is 12.6. The maximum atomic E-state index is 11.5. The van der Waals surface area contributed by atoms with Gasteiger partial charge in [0.15, 0.2) is 6.61 Å². The third-order valence-electron chi connectivity index (χ3n) is 2.25. The summed E-state index contributed by atoms with van der Waals surface area (Å²) in [7, 11) is 0. The zero-order chi connectivity index (χ0) is 15.5. The van der Waals surface area contributed by atoms with Crippen molar-refractivity contribution in [3.63, 3.8) is 0 Å². The molecule has 6 nitrogen and oxygen atoms in total. The molecule has 114 valence electrons. The van der Waals surface area contributed by atoms with Gasteiger partial charge in [-0.15, -0.1) is 11.8 Å². The second-order valence-electron chi connectivity index (χ2n) is 4.07. The number of thioether (sulfide) groups is 1. The van der Waals surface area contributed by atoms with Crippen LogP contribution in [0.4, 0.5) is 4.79 Å². The Hall–Kier alpha value is -2.02. The molecule has 0 aliphatic carbocycles. The number of amides is 3. The normalized spacial score (nSPS) is 9.76. The van der Waals surface area contributed by atoms with Gasteiger partial charge in [-0.1, -0.05) is 25.1 Å². The van der Waals surface area contributed by atoms with Gasteiger partial charge >= 0.3 is 12.0 Å². The fourth-order valence-electron chi connectivity index (χ4n) is 1.29. The van der Waals surface area contributed by atoms with Crippen molar-refractivity contribution in [2.24, 2.45) is 0 Å². The first-order chi connectivity index (χ1) is 10.1. The Bertz CT molecular complexity index is 479. The first kappa shape index (κ1) is 17.0. The van der Waals surface area contributed by atoms with Gasteiger partial charge in [0, 0.05) is 11.4 Å². The van der Waals surface area contributed by atoms with Crippen molar-refractivity contribution in [2.75, 3.05) is 18.9 Å². The standard InChI is InChI=1S/C14H18N2O4S/c1-2-8-15-14(19)16-12(17)9-20-13(18)10-21-11-6-4-3-5-7-11/h3-7H,2,8-10H2,1H3,(H2,15,16,17,19). The molecule has 1 rings (SSSR count). The molecule has 1 aromatic carbocycles. The number of benzene rings is 1. The Morgan fingerprint density at radius 3 is 2.57 bits per heavy atom. The molecule has 0 heterocycles. The minimum atomic E-state index is -0.651. The second-order valence-corrected chi connectivity index (χ2v) is 5.12. The van der Waals surface area contributed by atoms with E-state index in [2.05, 4.69) is 10.6 Å². The second kappa shape index (κ2) is 9.82. The third kappa shape index (κ3) is 7.98. The van der Waals surface area contributed by atoms with Crippen molar-refractivity contribution in [3.8, 4) is 0 Å². The Kier molecular flexibility index (Phi) is 7.96. The van der Waals surface area contributed by atoms with E-state index < -0.39 is 24.5 Å². The van der Waals surface area contributed by atoms with Crippen LogP contribution < -0.4 is 10.6 Å². The van der Waals surface area contributed by atoms with E-state index in [0.29, 0.717) is 6.54 Å². The van der Waals surface area contributed by atoms with E-state index in [9.17, 15) is 14.4 Å². The number of hydrogen-bond acceptors (Lipinski definition) is 5. The molecular formula is C14H18N2O4S. The van der Waals surface area contributed by atoms with Gasteiger partial charge in [0.05, 0.1) is 5.75 Å². The van der Waals surface area contributed by atoms with E-state index in [0.717, 1.165) is 11.3 Å². The van der Waals surface area contributed by atoms with Crippen LogP contribution in [0, 0.1) is 0 Å². The monoisotopic (exact) mass is 310 g/mol. The van der Waals surface area contributed by atoms with Crippen molar-refractivity contribution in [3.05, 3.63) is 30.3 Å². The molecule has 1 aromatic rings. The number of urea groups is 1. The topological polar surface area (TPSA) is 84.5 Å². The number of nitrogens with one attached hydrogen (secondary N) is 2. The highest BCUT2D eigenvalue weighted by Gasteiger charge is 2.10. The molecule has 0 aromatic heterocycles. The highest BCUT2D eigenvalue weighted by atomic mass is 32.2. The number of carbonyl (C=O) groups excluding carboxylic acids is 3. The molecule has 0 bridgehead atoms. The quantitative estimate of drug-likeness (QED) is 0.590. The van der Waals surface area contributed by atoms with Crippen LogP contribution in [0.3, 0.4) is 0 Å². The van der Waals surface area contributed by atoms with E-state index >= 15 is 0 Å². The Morgan fingerprint density at radius 2 is 1.90 bits per heavy atom. The lowest BCUT2D eigenvalue weighted by molar-refractivity contribution is -0.145. The lowest BCUT2D eigenvalue weighted by atomic mass is 10.4. The van der Waals surface area contributed by atoms with E-state index in [-0.39, 0.29) is 5.75 Å². The lowest BCUT2D eigenvalue weighted by Crippen LogP contribution is -2.41. The molecular weight excluding hydrogens is 292 g/mol. The number of carbonyl (C=O) groups is 3. The predicted molar refractivity (Wildman–Crippen MR) is 80.0 cm³/mol. The summed E-state index contributed by atoms with van der Waals surface area (Å²) in [5.74, 6) is -1.05. The summed E-state index contributed by atoms with van der Waals surface area (Å²) in [5, 5.41) is 4.55. The Balaban J connectivity index is 2.17. The Labute approximate surface area is 127 Å². The van der Waals surface area contributed by atoms with Crippen LogP contribution in [0.2, 0.25) is 0 Å². The van der Waals surface area contributed by atoms with Crippen LogP contribution in [0.1, 0.15) is 13.3 Å². The van der Waals surface area contributed by atoms with Crippen LogP contribution in [0.15, 0.2) is 35.2 Å². The molecule has 0 unspecified atom stereocenters. The van der Waals surface area contributed by atoms with Crippen LogP contribution in [-0.4, -0.2) is 36.8 Å². The van der Waals surface area contributed by atoms with Gasteiger partial charge < -0.3 is 10.1 Å². The summed E-state index contributed by atoms with van der Waals surface area (Å²) >= 11 is 1.32. The third-order valence-corrected chi connectivity index (χ3v) is 3.24. The molecule has 0 saturated carbocycles. The van der Waals surface area contributed by atoms with E-state index in [1.807, 2.05) is 37.3 Å². The predicted octanol–water partition coefficient (Wildman–Crippen LogP) is 1.56. The molecule has 0 atom stereocenters. The molecule has 0 saturated heterocycles. The van der Waals surface area contributed by atoms with Gasteiger partial charge in [0.25, 0.3) is 5.91 Å². The van der Waals surface area contributed by atoms with Crippen molar-refractivity contribution >= 4 is 29.7 Å². The lowest BCUT2D eigenvalue weighted by Gasteiger charge is -2.06. The number of hydrogen-bond donors (Lipinski definition) is 2. The molecule has 21 heavy (non-hydrogen) atoms. The molecule has 0 aliphatic rings. The van der Waals surface area contributed by atoms with Crippen LogP contribution in [0.25, 0.3) is 0 Å². The smallest absolute Gasteiger partial charge is 0.321 e. The number of esters is 1. The van der Waals surface area contributed by atoms with Gasteiger partial charge in [0.1, 0.15) is 0 Å². The van der Waals surface area contributed by atoms with Crippen LogP contribution >= 0.6 is 11.8 Å². The molecule has 0 fully saturated rings. The van der Waals surface area contributed by atoms with Gasteiger partial charge in [-0.05, 0) is 18.6 Å². The van der Waals surface area contributed by atoms with E-state index in [1.54, 1.807) is 0 Å². The van der Waals surface area contributed by atoms with Crippen LogP contribution in [-0.2, 0) is 14.3 Å². The fraction of sp³-hybridized carbons (Fsp3) is 0.357. The van der Waals surface area contributed by atoms with E-state index in [4.69, 9.17) is 4.74 Å². The molecule has 7 heteroatoms. The van der Waals surface area contributed by atoms with Gasteiger partial charge in [0.2, 0.25) is 0 Å². The summed E-state index contributed by atoms with van der Waals surface area (Å²) in [6, 6.07) is 8.80. The number of imide groups is 1. The fourth-order valence-corrected chi connectivity index (χ4v) is 2.01. The maximum Gasteiger partial charge on any atom is 0.321 e. The van der Waals surface area contributed by atoms with Crippen molar-refractivity contribution in [1.82, 2.24) is 10.6 Å². The summed E-state index contributed by atoms with van der Waals surface area (Å²) in [6.07, 6.45) is 0.771. The molecule has 3 amide bonds. The summed E-state index contributed by atoms with van der Waals surface area (Å²) in [6.45, 7) is 1.91. The first-order valence-corrected chi connectivity index (χ1v) is 7.51. The minimum absolute atomic E-state index is 0.110. The first-order valence-electron chi connectivity index (χ1n) is 6.53. The SMILES string of the molecule is CCCNC(=O)NC(=O)COC(=O)CSc1ccccc1. The summed E-state index contributed by atoms with van der Waals surface area (Å²) in [5.41, 5.74) is 0. The molecule has 0 aliphatic heterocycles. The molecule has 0 radical (unpaired) electrons. The summed E-state index contributed by atoms with van der Waals surface area (Å²) in [4.78, 5) is 34.9. The van der Waals surface area contributed by atoms with E-state index in [1.165, 1.54) is 11.8 Å². The minimum Gasteiger partial charge on any atom is -0.455 e. The highest BCUT2D eigenvalue weighted by molar-refractivity contribution is 8.00. The van der Waals surface area contributed by atoms with Crippen LogP contribution in [0.5, 0.6) is 0 Å². The van der Waals surface area contributed by atoms with Gasteiger partial charge in [-0.25, -0.2) is 4.79 Å². The van der Waals surface area contributed by atoms with Crippen molar-refractivity contribution in [2.45, 2.75) is 18.2 Å². The summed E-state index contributed by atoms with van der Waals surface area (Å²) < 4.78 is 4.78. The average molecular weight is 310 g/mol. The van der Waals surface area contributed by atoms with Crippen molar-refractivity contribution in [1.29, 1.82) is 0 Å². The number of rotatable bonds is 7. The largest absolute Gasteiger partial charge is 0.455 e. The maximum absolute atomic E-state index is 11.5. The van der Waals surface area contributed by atoms with Gasteiger partial charge in [-0.2, -0.15) is 0 Å². The molecule has 0 spiro atoms. The number of ether oxygens (including phenoxy) is 1. The zero-order valence-electron chi connectivity index (χ0n) is 11.8.